The van der Waals surface area contributed by atoms with E-state index in [4.69, 9.17) is 5.41 Å². The summed E-state index contributed by atoms with van der Waals surface area (Å²) in [6.45, 7) is 0.690. The summed E-state index contributed by atoms with van der Waals surface area (Å²) in [7, 11) is 0. The van der Waals surface area contributed by atoms with Crippen LogP contribution in [-0.4, -0.2) is 11.7 Å². The van der Waals surface area contributed by atoms with Crippen LogP contribution in [0.3, 0.4) is 0 Å². The fraction of sp³-hybridized carbons (Fsp3) is 0.0526. The number of hydrogen-bond donors (Lipinski definition) is 2. The van der Waals surface area contributed by atoms with E-state index in [9.17, 15) is 4.79 Å². The van der Waals surface area contributed by atoms with Gasteiger partial charge in [0.25, 0.3) is 5.91 Å². The van der Waals surface area contributed by atoms with E-state index in [1.165, 1.54) is 0 Å². The minimum Gasteiger partial charge on any atom is -0.321 e. The molecule has 5 rings (SSSR count). The number of hydrogen-bond acceptors (Lipinski definition) is 2. The Bertz CT molecular complexity index is 1020. The minimum atomic E-state index is -0.0532. The Kier molecular flexibility index (Phi) is 2.26. The van der Waals surface area contributed by atoms with Crippen LogP contribution in [0, 0.1) is 5.41 Å². The van der Waals surface area contributed by atoms with E-state index < -0.39 is 0 Å². The Balaban J connectivity index is 1.74. The van der Waals surface area contributed by atoms with E-state index in [1.807, 2.05) is 53.4 Å². The Morgan fingerprint density at radius 2 is 1.78 bits per heavy atom. The SMILES string of the molecule is N=C1c2ccccc2CN1c1ccc2c3c(cccc13)C(=O)N2. The summed E-state index contributed by atoms with van der Waals surface area (Å²) < 4.78 is 0. The molecular formula is C19H13N3O. The lowest BCUT2D eigenvalue weighted by Crippen LogP contribution is -2.23. The molecule has 110 valence electrons. The molecule has 0 aromatic heterocycles. The number of amidine groups is 1. The Labute approximate surface area is 132 Å². The molecule has 0 saturated heterocycles. The molecule has 2 aliphatic rings. The normalized spacial score (nSPS) is 15.2. The molecular weight excluding hydrogens is 286 g/mol. The quantitative estimate of drug-likeness (QED) is 0.719. The maximum atomic E-state index is 12.1. The lowest BCUT2D eigenvalue weighted by atomic mass is 10.0. The lowest BCUT2D eigenvalue weighted by molar-refractivity contribution is 0.103. The Hall–Kier alpha value is -3.14. The number of carbonyl (C=O) groups excluding carboxylic acids is 1. The highest BCUT2D eigenvalue weighted by molar-refractivity contribution is 6.27. The zero-order valence-electron chi connectivity index (χ0n) is 12.3. The van der Waals surface area contributed by atoms with Gasteiger partial charge in [-0.1, -0.05) is 36.4 Å². The van der Waals surface area contributed by atoms with Crippen molar-refractivity contribution >= 4 is 33.9 Å². The van der Waals surface area contributed by atoms with Crippen LogP contribution in [0.1, 0.15) is 21.5 Å². The van der Waals surface area contributed by atoms with Gasteiger partial charge in [-0.2, -0.15) is 0 Å². The largest absolute Gasteiger partial charge is 0.321 e. The van der Waals surface area contributed by atoms with Gasteiger partial charge in [-0.05, 0) is 23.8 Å². The molecule has 3 aromatic carbocycles. The second-order valence-corrected chi connectivity index (χ2v) is 5.91. The summed E-state index contributed by atoms with van der Waals surface area (Å²) in [6.07, 6.45) is 0. The zero-order chi connectivity index (χ0) is 15.6. The molecule has 23 heavy (non-hydrogen) atoms. The summed E-state index contributed by atoms with van der Waals surface area (Å²) in [4.78, 5) is 14.1. The first-order valence-corrected chi connectivity index (χ1v) is 7.55. The van der Waals surface area contributed by atoms with Gasteiger partial charge in [0.05, 0.1) is 12.2 Å². The van der Waals surface area contributed by atoms with E-state index in [2.05, 4.69) is 11.4 Å². The fourth-order valence-electron chi connectivity index (χ4n) is 3.60. The molecule has 0 aliphatic carbocycles. The highest BCUT2D eigenvalue weighted by atomic mass is 16.1. The van der Waals surface area contributed by atoms with Gasteiger partial charge in [0.2, 0.25) is 0 Å². The van der Waals surface area contributed by atoms with Crippen LogP contribution in [0.25, 0.3) is 10.8 Å². The number of nitrogens with one attached hydrogen (secondary N) is 2. The summed E-state index contributed by atoms with van der Waals surface area (Å²) in [5.41, 5.74) is 4.68. The van der Waals surface area contributed by atoms with Gasteiger partial charge in [-0.15, -0.1) is 0 Å². The van der Waals surface area contributed by atoms with Crippen LogP contribution in [0.15, 0.2) is 54.6 Å². The first kappa shape index (κ1) is 12.4. The van der Waals surface area contributed by atoms with Gasteiger partial charge >= 0.3 is 0 Å². The van der Waals surface area contributed by atoms with Crippen molar-refractivity contribution in [2.24, 2.45) is 0 Å². The van der Waals surface area contributed by atoms with Gasteiger partial charge < -0.3 is 10.2 Å². The van der Waals surface area contributed by atoms with Crippen molar-refractivity contribution in [2.45, 2.75) is 6.54 Å². The molecule has 0 spiro atoms. The van der Waals surface area contributed by atoms with Crippen LogP contribution in [-0.2, 0) is 6.54 Å². The smallest absolute Gasteiger partial charge is 0.256 e. The van der Waals surface area contributed by atoms with Crippen molar-refractivity contribution < 1.29 is 4.79 Å². The first-order chi connectivity index (χ1) is 11.2. The number of amides is 1. The third kappa shape index (κ3) is 1.55. The Morgan fingerprint density at radius 3 is 2.65 bits per heavy atom. The van der Waals surface area contributed by atoms with Gasteiger partial charge in [0.15, 0.2) is 0 Å². The summed E-state index contributed by atoms with van der Waals surface area (Å²) in [6, 6.07) is 17.7. The number of rotatable bonds is 1. The molecule has 3 aromatic rings. The number of anilines is 2. The Morgan fingerprint density at radius 1 is 0.957 bits per heavy atom. The van der Waals surface area contributed by atoms with E-state index in [-0.39, 0.29) is 5.91 Å². The van der Waals surface area contributed by atoms with Crippen LogP contribution < -0.4 is 10.2 Å². The molecule has 2 aliphatic heterocycles. The van der Waals surface area contributed by atoms with E-state index in [0.29, 0.717) is 17.9 Å². The molecule has 0 unspecified atom stereocenters. The van der Waals surface area contributed by atoms with E-state index >= 15 is 0 Å². The van der Waals surface area contributed by atoms with Crippen molar-refractivity contribution in [2.75, 3.05) is 10.2 Å². The number of benzene rings is 3. The monoisotopic (exact) mass is 299 g/mol. The average molecular weight is 299 g/mol. The fourth-order valence-corrected chi connectivity index (χ4v) is 3.60. The van der Waals surface area contributed by atoms with Gasteiger partial charge in [-0.3, -0.25) is 10.2 Å². The van der Waals surface area contributed by atoms with Crippen LogP contribution in [0.4, 0.5) is 11.4 Å². The van der Waals surface area contributed by atoms with Crippen molar-refractivity contribution in [3.05, 3.63) is 71.3 Å². The van der Waals surface area contributed by atoms with Crippen molar-refractivity contribution in [1.29, 1.82) is 5.41 Å². The van der Waals surface area contributed by atoms with Crippen molar-refractivity contribution in [3.63, 3.8) is 0 Å². The van der Waals surface area contributed by atoms with Crippen molar-refractivity contribution in [1.82, 2.24) is 0 Å². The predicted octanol–water partition coefficient (Wildman–Crippen LogP) is 3.75. The zero-order valence-corrected chi connectivity index (χ0v) is 12.3. The highest BCUT2D eigenvalue weighted by Gasteiger charge is 2.28. The van der Waals surface area contributed by atoms with Crippen LogP contribution in [0.2, 0.25) is 0 Å². The molecule has 4 heteroatoms. The molecule has 2 N–H and O–H groups in total. The lowest BCUT2D eigenvalue weighted by Gasteiger charge is -2.20. The average Bonchev–Trinajstić information content (AvgIpc) is 3.08. The van der Waals surface area contributed by atoms with E-state index in [1.54, 1.807) is 0 Å². The summed E-state index contributed by atoms with van der Waals surface area (Å²) in [5, 5.41) is 13.4. The molecule has 1 amide bonds. The molecule has 0 radical (unpaired) electrons. The van der Waals surface area contributed by atoms with Crippen LogP contribution in [0.5, 0.6) is 0 Å². The van der Waals surface area contributed by atoms with Gasteiger partial charge in [0, 0.05) is 27.6 Å². The second-order valence-electron chi connectivity index (χ2n) is 5.91. The van der Waals surface area contributed by atoms with Gasteiger partial charge in [-0.25, -0.2) is 0 Å². The molecule has 2 heterocycles. The third-order valence-electron chi connectivity index (χ3n) is 4.67. The molecule has 0 atom stereocenters. The number of nitrogens with zero attached hydrogens (tertiary/aromatic N) is 1. The van der Waals surface area contributed by atoms with Gasteiger partial charge in [0.1, 0.15) is 5.84 Å². The molecule has 0 fully saturated rings. The first-order valence-electron chi connectivity index (χ1n) is 7.55. The summed E-state index contributed by atoms with van der Waals surface area (Å²) >= 11 is 0. The van der Waals surface area contributed by atoms with E-state index in [0.717, 1.165) is 33.3 Å². The highest BCUT2D eigenvalue weighted by Crippen LogP contribution is 2.40. The second kappa shape index (κ2) is 4.20. The standard InChI is InChI=1S/C19H13N3O/c20-18-12-5-2-1-4-11(12)10-22(18)16-9-8-15-17-13(16)6-3-7-14(17)19(23)21-15/h1-9,20H,10H2,(H,21,23). The number of fused-ring (bicyclic) bond motifs is 1. The third-order valence-corrected chi connectivity index (χ3v) is 4.67. The predicted molar refractivity (Wildman–Crippen MR) is 91.4 cm³/mol. The summed E-state index contributed by atoms with van der Waals surface area (Å²) in [5.74, 6) is 0.459. The topological polar surface area (TPSA) is 56.2 Å². The minimum absolute atomic E-state index is 0.0532. The molecule has 4 nitrogen and oxygen atoms in total. The van der Waals surface area contributed by atoms with Crippen LogP contribution >= 0.6 is 0 Å². The maximum absolute atomic E-state index is 12.1. The maximum Gasteiger partial charge on any atom is 0.256 e. The van der Waals surface area contributed by atoms with Crippen molar-refractivity contribution in [3.8, 4) is 0 Å². The number of carbonyl (C=O) groups is 1. The molecule has 0 saturated carbocycles. The molecule has 0 bridgehead atoms.